The fourth-order valence-electron chi connectivity index (χ4n) is 7.67. The molecule has 2 nitrogen and oxygen atoms in total. The van der Waals surface area contributed by atoms with E-state index in [4.69, 9.17) is 0 Å². The second-order valence-corrected chi connectivity index (χ2v) is 13.4. The predicted octanol–water partition coefficient (Wildman–Crippen LogP) is 13.6. The molecular weight excluding hydrogens is 581 g/mol. The topological polar surface area (TPSA) is 6.48 Å². The number of anilines is 5. The van der Waals surface area contributed by atoms with E-state index in [0.29, 0.717) is 0 Å². The van der Waals surface area contributed by atoms with Crippen LogP contribution >= 0.6 is 0 Å². The highest BCUT2D eigenvalue weighted by atomic mass is 15.2. The molecule has 0 aliphatic rings. The third-order valence-corrected chi connectivity index (χ3v) is 10.7. The molecule has 244 valence electrons. The molecule has 1 unspecified atom stereocenters. The standard InChI is InChI=1S/C46H50N2/c1-6-34-45(5,7-2)38-25-27-39(28-26-38)46(8-3,9-4)48(44-29-24-36-18-16-17-19-37(36)35-44)43-32-30-42(31-33-43)47(40-20-12-10-13-21-40)41-22-14-11-15-23-41/h10-33,35H,6-9,34H2,1-5H3. The van der Waals surface area contributed by atoms with Crippen LogP contribution in [0.5, 0.6) is 0 Å². The first-order chi connectivity index (χ1) is 23.5. The highest BCUT2D eigenvalue weighted by Gasteiger charge is 2.37. The Morgan fingerprint density at radius 3 is 1.46 bits per heavy atom. The zero-order valence-electron chi connectivity index (χ0n) is 29.4. The zero-order valence-corrected chi connectivity index (χ0v) is 29.4. The minimum absolute atomic E-state index is 0.200. The minimum Gasteiger partial charge on any atom is -0.331 e. The van der Waals surface area contributed by atoms with Gasteiger partial charge in [-0.15, -0.1) is 0 Å². The second-order valence-electron chi connectivity index (χ2n) is 13.4. The van der Waals surface area contributed by atoms with Crippen LogP contribution in [0, 0.1) is 0 Å². The Bertz CT molecular complexity index is 1850. The van der Waals surface area contributed by atoms with Gasteiger partial charge in [0.2, 0.25) is 0 Å². The van der Waals surface area contributed by atoms with Crippen molar-refractivity contribution in [3.8, 4) is 0 Å². The molecule has 0 heterocycles. The Kier molecular flexibility index (Phi) is 10.0. The van der Waals surface area contributed by atoms with Crippen molar-refractivity contribution >= 4 is 39.2 Å². The van der Waals surface area contributed by atoms with E-state index < -0.39 is 0 Å². The molecule has 0 saturated carbocycles. The van der Waals surface area contributed by atoms with Gasteiger partial charge in [-0.25, -0.2) is 0 Å². The van der Waals surface area contributed by atoms with Gasteiger partial charge in [0.05, 0.1) is 5.54 Å². The largest absolute Gasteiger partial charge is 0.331 e. The van der Waals surface area contributed by atoms with Crippen LogP contribution in [-0.4, -0.2) is 0 Å². The van der Waals surface area contributed by atoms with Crippen molar-refractivity contribution in [1.29, 1.82) is 0 Å². The van der Waals surface area contributed by atoms with Crippen LogP contribution in [-0.2, 0) is 11.0 Å². The fourth-order valence-corrected chi connectivity index (χ4v) is 7.67. The summed E-state index contributed by atoms with van der Waals surface area (Å²) in [6, 6.07) is 55.7. The summed E-state index contributed by atoms with van der Waals surface area (Å²) in [4.78, 5) is 4.94. The smallest absolute Gasteiger partial charge is 0.0697 e. The lowest BCUT2D eigenvalue weighted by atomic mass is 9.75. The van der Waals surface area contributed by atoms with Crippen molar-refractivity contribution in [2.24, 2.45) is 0 Å². The fraction of sp³-hybridized carbons (Fsp3) is 0.261. The summed E-state index contributed by atoms with van der Waals surface area (Å²) in [6.45, 7) is 11.7. The number of nitrogens with zero attached hydrogens (tertiary/aromatic N) is 2. The molecule has 0 amide bonds. The van der Waals surface area contributed by atoms with Crippen LogP contribution in [0.2, 0.25) is 0 Å². The number of hydrogen-bond acceptors (Lipinski definition) is 2. The van der Waals surface area contributed by atoms with Crippen molar-refractivity contribution in [2.75, 3.05) is 9.80 Å². The van der Waals surface area contributed by atoms with E-state index >= 15 is 0 Å². The van der Waals surface area contributed by atoms with Gasteiger partial charge in [0.15, 0.2) is 0 Å². The van der Waals surface area contributed by atoms with Crippen molar-refractivity contribution in [2.45, 2.75) is 77.7 Å². The number of rotatable bonds is 13. The van der Waals surface area contributed by atoms with Crippen molar-refractivity contribution < 1.29 is 0 Å². The van der Waals surface area contributed by atoms with Gasteiger partial charge in [0.25, 0.3) is 0 Å². The molecule has 6 aromatic carbocycles. The molecule has 0 fully saturated rings. The molecule has 0 saturated heterocycles. The number of fused-ring (bicyclic) bond motifs is 1. The average molecular weight is 631 g/mol. The number of para-hydroxylation sites is 2. The van der Waals surface area contributed by atoms with Crippen molar-refractivity contribution in [1.82, 2.24) is 0 Å². The second kappa shape index (κ2) is 14.5. The van der Waals surface area contributed by atoms with Crippen LogP contribution in [0.25, 0.3) is 10.8 Å². The Morgan fingerprint density at radius 1 is 0.438 bits per heavy atom. The summed E-state index contributed by atoms with van der Waals surface area (Å²) in [7, 11) is 0. The zero-order chi connectivity index (χ0) is 33.6. The van der Waals surface area contributed by atoms with Gasteiger partial charge >= 0.3 is 0 Å². The molecule has 6 aromatic rings. The lowest BCUT2D eigenvalue weighted by Crippen LogP contribution is -2.43. The van der Waals surface area contributed by atoms with Gasteiger partial charge in [-0.05, 0) is 114 Å². The molecule has 0 radical (unpaired) electrons. The maximum Gasteiger partial charge on any atom is 0.0697 e. The third-order valence-electron chi connectivity index (χ3n) is 10.7. The first-order valence-electron chi connectivity index (χ1n) is 17.9. The highest BCUT2D eigenvalue weighted by Crippen LogP contribution is 2.46. The Labute approximate surface area is 288 Å². The molecule has 0 aliphatic carbocycles. The average Bonchev–Trinajstić information content (AvgIpc) is 3.15. The third kappa shape index (κ3) is 6.37. The highest BCUT2D eigenvalue weighted by molar-refractivity contribution is 5.88. The minimum atomic E-state index is -0.242. The van der Waals surface area contributed by atoms with E-state index in [-0.39, 0.29) is 11.0 Å². The molecule has 2 heteroatoms. The maximum absolute atomic E-state index is 2.61. The quantitative estimate of drug-likeness (QED) is 0.125. The van der Waals surface area contributed by atoms with Crippen LogP contribution in [0.1, 0.15) is 77.8 Å². The van der Waals surface area contributed by atoms with E-state index in [2.05, 4.69) is 196 Å². The summed E-state index contributed by atoms with van der Waals surface area (Å²) >= 11 is 0. The molecule has 0 bridgehead atoms. The van der Waals surface area contributed by atoms with Gasteiger partial charge in [-0.1, -0.05) is 132 Å². The molecule has 0 N–H and O–H groups in total. The van der Waals surface area contributed by atoms with Crippen LogP contribution in [0.3, 0.4) is 0 Å². The summed E-state index contributed by atoms with van der Waals surface area (Å²) in [5.41, 5.74) is 8.57. The molecular formula is C46H50N2. The van der Waals surface area contributed by atoms with Gasteiger partial charge in [0, 0.05) is 28.4 Å². The molecule has 0 aromatic heterocycles. The van der Waals surface area contributed by atoms with E-state index in [1.54, 1.807) is 0 Å². The van der Waals surface area contributed by atoms with Crippen LogP contribution < -0.4 is 9.80 Å². The molecule has 1 atom stereocenters. The summed E-state index contributed by atoms with van der Waals surface area (Å²) in [5.74, 6) is 0. The lowest BCUT2D eigenvalue weighted by molar-refractivity contribution is 0.399. The monoisotopic (exact) mass is 630 g/mol. The van der Waals surface area contributed by atoms with Gasteiger partial charge in [-0.2, -0.15) is 0 Å². The van der Waals surface area contributed by atoms with Gasteiger partial charge in [-0.3, -0.25) is 0 Å². The summed E-state index contributed by atoms with van der Waals surface area (Å²) < 4.78 is 0. The molecule has 6 rings (SSSR count). The van der Waals surface area contributed by atoms with Gasteiger partial charge < -0.3 is 9.80 Å². The van der Waals surface area contributed by atoms with Crippen molar-refractivity contribution in [3.05, 3.63) is 163 Å². The van der Waals surface area contributed by atoms with Crippen LogP contribution in [0.15, 0.2) is 152 Å². The predicted molar refractivity (Wildman–Crippen MR) is 208 cm³/mol. The molecule has 0 aliphatic heterocycles. The maximum atomic E-state index is 2.61. The first-order valence-corrected chi connectivity index (χ1v) is 17.9. The summed E-state index contributed by atoms with van der Waals surface area (Å²) in [6.07, 6.45) is 5.48. The van der Waals surface area contributed by atoms with E-state index in [9.17, 15) is 0 Å². The van der Waals surface area contributed by atoms with E-state index in [1.807, 2.05) is 0 Å². The van der Waals surface area contributed by atoms with Crippen LogP contribution in [0.4, 0.5) is 28.4 Å². The first kappa shape index (κ1) is 33.1. The molecule has 48 heavy (non-hydrogen) atoms. The molecule has 0 spiro atoms. The Morgan fingerprint density at radius 2 is 0.917 bits per heavy atom. The lowest BCUT2D eigenvalue weighted by Gasteiger charge is -2.46. The Balaban J connectivity index is 1.49. The SMILES string of the molecule is CCCC(C)(CC)c1ccc(C(CC)(CC)N(c2ccc(N(c3ccccc3)c3ccccc3)cc2)c2ccc3ccccc3c2)cc1. The Hall–Kier alpha value is -4.82. The van der Waals surface area contributed by atoms with Crippen molar-refractivity contribution in [3.63, 3.8) is 0 Å². The normalized spacial score (nSPS) is 12.9. The van der Waals surface area contributed by atoms with Gasteiger partial charge in [0.1, 0.15) is 0 Å². The summed E-state index contributed by atoms with van der Waals surface area (Å²) in [5, 5.41) is 2.52. The van der Waals surface area contributed by atoms with E-state index in [0.717, 1.165) is 36.3 Å². The number of hydrogen-bond donors (Lipinski definition) is 0. The van der Waals surface area contributed by atoms with E-state index in [1.165, 1.54) is 46.1 Å². The number of benzene rings is 6.